The Labute approximate surface area is 107 Å². The van der Waals surface area contributed by atoms with Gasteiger partial charge in [0.25, 0.3) is 0 Å². The Morgan fingerprint density at radius 3 is 2.53 bits per heavy atom. The molecule has 0 unspecified atom stereocenters. The van der Waals surface area contributed by atoms with Gasteiger partial charge >= 0.3 is 6.18 Å². The second-order valence-electron chi connectivity index (χ2n) is 4.03. The molecule has 0 aliphatic rings. The summed E-state index contributed by atoms with van der Waals surface area (Å²) in [6.07, 6.45) is -5.24. The molecule has 0 fully saturated rings. The minimum Gasteiger partial charge on any atom is -0.384 e. The second-order valence-corrected chi connectivity index (χ2v) is 4.03. The molecular weight excluding hydrogens is 264 g/mol. The number of alkyl halides is 3. The van der Waals surface area contributed by atoms with Crippen molar-refractivity contribution in [1.29, 1.82) is 5.41 Å². The Bertz CT molecular complexity index is 446. The van der Waals surface area contributed by atoms with Crippen LogP contribution >= 0.6 is 0 Å². The van der Waals surface area contributed by atoms with E-state index in [-0.39, 0.29) is 31.0 Å². The van der Waals surface area contributed by atoms with E-state index in [4.69, 9.17) is 15.9 Å². The van der Waals surface area contributed by atoms with Crippen molar-refractivity contribution in [2.24, 2.45) is 5.73 Å². The first kappa shape index (κ1) is 15.4. The number of ether oxygens (including phenoxy) is 1. The van der Waals surface area contributed by atoms with E-state index in [1.54, 1.807) is 0 Å². The van der Waals surface area contributed by atoms with Crippen LogP contribution in [0.3, 0.4) is 0 Å². The Balaban J connectivity index is 2.43. The van der Waals surface area contributed by atoms with Gasteiger partial charge in [-0.2, -0.15) is 13.2 Å². The maximum absolute atomic E-state index is 13.2. The summed E-state index contributed by atoms with van der Waals surface area (Å²) in [4.78, 5) is 0. The Morgan fingerprint density at radius 2 is 1.95 bits per heavy atom. The molecule has 1 rings (SSSR count). The molecule has 0 saturated carbocycles. The first-order chi connectivity index (χ1) is 8.78. The summed E-state index contributed by atoms with van der Waals surface area (Å²) in [6.45, 7) is -0.0820. The van der Waals surface area contributed by atoms with Gasteiger partial charge in [-0.15, -0.1) is 0 Å². The molecule has 3 nitrogen and oxygen atoms in total. The van der Waals surface area contributed by atoms with Crippen molar-refractivity contribution < 1.29 is 22.3 Å². The van der Waals surface area contributed by atoms with Gasteiger partial charge in [0.15, 0.2) is 0 Å². The molecule has 0 spiro atoms. The van der Waals surface area contributed by atoms with E-state index in [0.29, 0.717) is 5.56 Å². The number of amidine groups is 1. The van der Waals surface area contributed by atoms with Gasteiger partial charge in [-0.3, -0.25) is 5.41 Å². The molecule has 0 heterocycles. The predicted octanol–water partition coefficient (Wildman–Crippen LogP) is 2.97. The lowest BCUT2D eigenvalue weighted by atomic mass is 10.1. The summed E-state index contributed by atoms with van der Waals surface area (Å²) >= 11 is 0. The molecule has 0 amide bonds. The van der Waals surface area contributed by atoms with Crippen LogP contribution in [0.25, 0.3) is 0 Å². The van der Waals surface area contributed by atoms with Crippen LogP contribution in [0.2, 0.25) is 0 Å². The average molecular weight is 278 g/mol. The van der Waals surface area contributed by atoms with E-state index in [9.17, 15) is 17.6 Å². The standard InChI is InChI=1S/C12H14F4N2O/c13-10-5-8(4-9(6-10)11(17)18)7-19-3-1-2-12(14,15)16/h4-6H,1-3,7H2,(H3,17,18). The molecule has 1 aromatic carbocycles. The van der Waals surface area contributed by atoms with Crippen molar-refractivity contribution in [2.75, 3.05) is 6.61 Å². The first-order valence-electron chi connectivity index (χ1n) is 5.56. The van der Waals surface area contributed by atoms with Crippen LogP contribution in [-0.2, 0) is 11.3 Å². The van der Waals surface area contributed by atoms with Crippen molar-refractivity contribution in [3.63, 3.8) is 0 Å². The fourth-order valence-electron chi connectivity index (χ4n) is 1.45. The van der Waals surface area contributed by atoms with E-state index in [2.05, 4.69) is 0 Å². The molecule has 7 heteroatoms. The smallest absolute Gasteiger partial charge is 0.384 e. The molecule has 106 valence electrons. The zero-order chi connectivity index (χ0) is 14.5. The van der Waals surface area contributed by atoms with Gasteiger partial charge in [0, 0.05) is 18.6 Å². The average Bonchev–Trinajstić information content (AvgIpc) is 2.26. The quantitative estimate of drug-likeness (QED) is 0.364. The molecule has 0 bridgehead atoms. The highest BCUT2D eigenvalue weighted by atomic mass is 19.4. The summed E-state index contributed by atoms with van der Waals surface area (Å²) in [5.41, 5.74) is 5.87. The van der Waals surface area contributed by atoms with E-state index in [1.165, 1.54) is 12.1 Å². The first-order valence-corrected chi connectivity index (χ1v) is 5.56. The van der Waals surface area contributed by atoms with Gasteiger partial charge in [-0.1, -0.05) is 0 Å². The summed E-state index contributed by atoms with van der Waals surface area (Å²) in [5, 5.41) is 7.19. The molecule has 0 aliphatic heterocycles. The lowest BCUT2D eigenvalue weighted by Crippen LogP contribution is -2.12. The molecule has 0 saturated heterocycles. The topological polar surface area (TPSA) is 59.1 Å². The molecular formula is C12H14F4N2O. The van der Waals surface area contributed by atoms with Crippen molar-refractivity contribution in [3.05, 3.63) is 35.1 Å². The van der Waals surface area contributed by atoms with Crippen molar-refractivity contribution in [3.8, 4) is 0 Å². The molecule has 0 aliphatic carbocycles. The Kier molecular flexibility index (Phi) is 5.29. The van der Waals surface area contributed by atoms with Crippen LogP contribution < -0.4 is 5.73 Å². The fraction of sp³-hybridized carbons (Fsp3) is 0.417. The predicted molar refractivity (Wildman–Crippen MR) is 62.4 cm³/mol. The Morgan fingerprint density at radius 1 is 1.26 bits per heavy atom. The van der Waals surface area contributed by atoms with Gasteiger partial charge in [0.2, 0.25) is 0 Å². The highest BCUT2D eigenvalue weighted by molar-refractivity contribution is 5.95. The number of nitrogens with two attached hydrogens (primary N) is 1. The monoisotopic (exact) mass is 278 g/mol. The minimum atomic E-state index is -4.19. The number of nitrogens with one attached hydrogen (secondary N) is 1. The van der Waals surface area contributed by atoms with E-state index >= 15 is 0 Å². The third-order valence-electron chi connectivity index (χ3n) is 2.29. The van der Waals surface area contributed by atoms with Gasteiger partial charge < -0.3 is 10.5 Å². The summed E-state index contributed by atoms with van der Waals surface area (Å²) in [6, 6.07) is 3.76. The maximum Gasteiger partial charge on any atom is 0.389 e. The van der Waals surface area contributed by atoms with Crippen LogP contribution in [0.15, 0.2) is 18.2 Å². The van der Waals surface area contributed by atoms with E-state index in [0.717, 1.165) is 6.07 Å². The number of hydrogen-bond acceptors (Lipinski definition) is 2. The molecule has 3 N–H and O–H groups in total. The normalized spacial score (nSPS) is 11.6. The molecule has 1 aromatic rings. The molecule has 0 aromatic heterocycles. The van der Waals surface area contributed by atoms with Crippen molar-refractivity contribution in [2.45, 2.75) is 25.6 Å². The number of nitrogen functional groups attached to an aromatic ring is 1. The van der Waals surface area contributed by atoms with Gasteiger partial charge in [0.05, 0.1) is 6.61 Å². The van der Waals surface area contributed by atoms with Gasteiger partial charge in [0.1, 0.15) is 11.7 Å². The fourth-order valence-corrected chi connectivity index (χ4v) is 1.45. The summed E-state index contributed by atoms with van der Waals surface area (Å²) in [5.74, 6) is -0.848. The van der Waals surface area contributed by atoms with Crippen molar-refractivity contribution >= 4 is 5.84 Å². The summed E-state index contributed by atoms with van der Waals surface area (Å²) in [7, 11) is 0. The van der Waals surface area contributed by atoms with Crippen LogP contribution in [0.1, 0.15) is 24.0 Å². The van der Waals surface area contributed by atoms with Gasteiger partial charge in [-0.05, 0) is 30.2 Å². The van der Waals surface area contributed by atoms with Crippen molar-refractivity contribution in [1.82, 2.24) is 0 Å². The minimum absolute atomic E-state index is 0.0180. The highest BCUT2D eigenvalue weighted by Crippen LogP contribution is 2.21. The van der Waals surface area contributed by atoms with Gasteiger partial charge in [-0.25, -0.2) is 4.39 Å². The zero-order valence-corrected chi connectivity index (χ0v) is 10.1. The lowest BCUT2D eigenvalue weighted by molar-refractivity contribution is -0.138. The van der Waals surface area contributed by atoms with Crippen LogP contribution in [0.4, 0.5) is 17.6 Å². The Hall–Kier alpha value is -1.63. The number of hydrogen-bond donors (Lipinski definition) is 2. The van der Waals surface area contributed by atoms with E-state index in [1.807, 2.05) is 0 Å². The molecule has 0 atom stereocenters. The molecule has 19 heavy (non-hydrogen) atoms. The van der Waals surface area contributed by atoms with Crippen LogP contribution in [0.5, 0.6) is 0 Å². The number of halogens is 4. The lowest BCUT2D eigenvalue weighted by Gasteiger charge is -2.08. The maximum atomic E-state index is 13.2. The third-order valence-corrected chi connectivity index (χ3v) is 2.29. The van der Waals surface area contributed by atoms with Crippen LogP contribution in [0, 0.1) is 11.2 Å². The third kappa shape index (κ3) is 6.19. The van der Waals surface area contributed by atoms with E-state index < -0.39 is 18.4 Å². The number of rotatable bonds is 6. The summed E-state index contributed by atoms with van der Waals surface area (Å²) < 4.78 is 53.8. The largest absolute Gasteiger partial charge is 0.389 e. The van der Waals surface area contributed by atoms with Crippen LogP contribution in [-0.4, -0.2) is 18.6 Å². The second kappa shape index (κ2) is 6.51. The molecule has 0 radical (unpaired) electrons. The number of benzene rings is 1. The zero-order valence-electron chi connectivity index (χ0n) is 10.1. The highest BCUT2D eigenvalue weighted by Gasteiger charge is 2.25. The SMILES string of the molecule is N=C(N)c1cc(F)cc(COCCCC(F)(F)F)c1.